The fourth-order valence-corrected chi connectivity index (χ4v) is 25.8. The van der Waals surface area contributed by atoms with Crippen LogP contribution in [0.25, 0.3) is 0 Å². The summed E-state index contributed by atoms with van der Waals surface area (Å²) >= 11 is 0. The summed E-state index contributed by atoms with van der Waals surface area (Å²) in [6.45, 7) is 16.7. The minimum Gasteiger partial charge on any atom is -0.508 e. The van der Waals surface area contributed by atoms with Crippen molar-refractivity contribution < 1.29 is 121 Å². The molecule has 0 aromatic heterocycles. The zero-order valence-electron chi connectivity index (χ0n) is 84.2. The zero-order chi connectivity index (χ0) is 107. The molecular weight excluding hydrogens is 2050 g/mol. The number of carboxylic acids is 1. The molecule has 146 heavy (non-hydrogen) atoms. The summed E-state index contributed by atoms with van der Waals surface area (Å²) in [4.78, 5) is 209. The van der Waals surface area contributed by atoms with Gasteiger partial charge in [0.05, 0.1) is 74.3 Å². The van der Waals surface area contributed by atoms with E-state index in [-0.39, 0.29) is 180 Å². The predicted molar refractivity (Wildman–Crippen MR) is 568 cm³/mol. The topological polar surface area (TPSA) is 582 Å². The molecule has 8 aliphatic rings. The number of nitrogens with zero attached hydrogens (tertiary/aromatic N) is 4. The molecule has 0 bridgehead atoms. The fourth-order valence-electron chi connectivity index (χ4n) is 16.6. The lowest BCUT2D eigenvalue weighted by Crippen LogP contribution is -2.56. The lowest BCUT2D eigenvalue weighted by molar-refractivity contribution is -0.145. The maximum absolute atomic E-state index is 13.4. The van der Waals surface area contributed by atoms with Crippen LogP contribution in [0.5, 0.6) is 23.0 Å². The Morgan fingerprint density at radius 3 is 0.747 bits per heavy atom. The molecule has 8 saturated heterocycles. The molecule has 808 valence electrons. The first-order chi connectivity index (χ1) is 68.5. The second kappa shape index (κ2) is 57.8. The van der Waals surface area contributed by atoms with Gasteiger partial charge >= 0.3 is 29.8 Å². The average Bonchev–Trinajstić information content (AvgIpc) is 1.54. The van der Waals surface area contributed by atoms with Gasteiger partial charge in [0.1, 0.15) is 71.3 Å². The number of methoxy groups -OCH3 is 4. The van der Waals surface area contributed by atoms with Crippen LogP contribution in [0.2, 0.25) is 0 Å². The number of rotatable bonds is 15. The second-order valence-electron chi connectivity index (χ2n) is 38.7. The van der Waals surface area contributed by atoms with E-state index < -0.39 is 124 Å². The van der Waals surface area contributed by atoms with Crippen molar-refractivity contribution in [3.63, 3.8) is 0 Å². The van der Waals surface area contributed by atoms with Gasteiger partial charge in [-0.1, -0.05) is 142 Å². The Hall–Kier alpha value is -9.80. The quantitative estimate of drug-likeness (QED) is 0.0454. The van der Waals surface area contributed by atoms with E-state index in [2.05, 4.69) is 58.5 Å². The predicted octanol–water partition coefficient (Wildman–Crippen LogP) is 3.99. The minimum atomic E-state index is -0.983. The molecule has 8 aliphatic heterocycles. The Morgan fingerprint density at radius 2 is 0.527 bits per heavy atom. The van der Waals surface area contributed by atoms with E-state index in [0.29, 0.717) is 11.5 Å². The first-order valence-electron chi connectivity index (χ1n) is 47.0. The van der Waals surface area contributed by atoms with E-state index in [1.807, 2.05) is 84.2 Å². The molecule has 8 fully saturated rings. The average molecular weight is 2190 g/mol. The van der Waals surface area contributed by atoms with Crippen LogP contribution >= 0.6 is 86.4 Å². The smallest absolute Gasteiger partial charge is 0.329 e. The van der Waals surface area contributed by atoms with Crippen LogP contribution in [0.3, 0.4) is 0 Å². The number of aliphatic carboxylic acids is 1. The lowest BCUT2D eigenvalue weighted by Gasteiger charge is -2.30. The van der Waals surface area contributed by atoms with Crippen LogP contribution in [0.4, 0.5) is 0 Å². The van der Waals surface area contributed by atoms with E-state index in [0.717, 1.165) is 74.1 Å². The number of phenolic OH excluding ortho intramolecular Hbond substituents is 4. The van der Waals surface area contributed by atoms with Gasteiger partial charge in [0, 0.05) is 95.9 Å². The number of carboxylic acid groups (broad SMARTS) is 1. The Morgan fingerprint density at radius 1 is 0.329 bits per heavy atom. The van der Waals surface area contributed by atoms with Crippen molar-refractivity contribution in [3.8, 4) is 23.0 Å². The lowest BCUT2D eigenvalue weighted by atomic mass is 9.91. The van der Waals surface area contributed by atoms with E-state index in [1.54, 1.807) is 116 Å². The van der Waals surface area contributed by atoms with E-state index in [4.69, 9.17) is 24.7 Å². The van der Waals surface area contributed by atoms with Crippen molar-refractivity contribution in [2.75, 3.05) is 155 Å². The molecule has 4 aromatic rings. The summed E-state index contributed by atoms with van der Waals surface area (Å²) in [7, 11) is 23.3. The molecule has 0 aliphatic carbocycles. The highest BCUT2D eigenvalue weighted by molar-refractivity contribution is 8.77. The minimum absolute atomic E-state index is 0. The monoisotopic (exact) mass is 2190 g/mol. The molecule has 16 unspecified atom stereocenters. The number of aromatic hydroxyl groups is 4. The number of nitrogens with one attached hydrogen (secondary N) is 11. The number of nitrogens with two attached hydrogens (primary N) is 1. The fraction of sp³-hybridized carbons (Fsp3) is 0.588. The first kappa shape index (κ1) is 123. The number of carbonyl (C=O) groups is 16. The van der Waals surface area contributed by atoms with Crippen LogP contribution in [0.1, 0.15) is 134 Å². The molecule has 8 heterocycles. The van der Waals surface area contributed by atoms with Gasteiger partial charge in [-0.15, -0.1) is 0 Å². The highest BCUT2D eigenvalue weighted by atomic mass is 33.1. The summed E-state index contributed by atoms with van der Waals surface area (Å²) in [6.07, 6.45) is 3.18. The number of likely N-dealkylation sites (N-methyl/N-ethyl adjacent to an activating group) is 4. The SMILES string of the molecule is C.CN1CCC(c2ccc(O)cc2)C1C(=O)O.COC(=O)C1CSSCC(N)C(=O)NCC(C)(C)C(=O)N1.COC(=O)C1CSSCC(NC(=O)C2C(c3ccc(O)cc3)CCN2C)C(=O)NCC(C)(C)C(=O)N1.COC(=O)C1CSSCC(NC(=O)C2C(c3ccc(O)cc3)CCN2C)C(=O)NCC(C)(C)C(=O)N1.COC(=O)C1CSSCC(NC(=O)C2C(c3ccc(O)cc3)CCN2C)C(=O)NCC(C)(C)C(=O)N1. The molecule has 16 atom stereocenters. The van der Waals surface area contributed by atoms with Crippen molar-refractivity contribution in [2.45, 2.75) is 185 Å². The Kier molecular flexibility index (Phi) is 48.8. The Balaban J connectivity index is 0.000000254. The number of benzene rings is 4. The van der Waals surface area contributed by atoms with Crippen LogP contribution < -0.4 is 64.2 Å². The number of hydrogen-bond donors (Lipinski definition) is 17. The van der Waals surface area contributed by atoms with Crippen molar-refractivity contribution in [2.24, 2.45) is 27.4 Å². The van der Waals surface area contributed by atoms with Gasteiger partial charge in [-0.2, -0.15) is 0 Å². The largest absolute Gasteiger partial charge is 0.508 e. The van der Waals surface area contributed by atoms with Gasteiger partial charge in [0.25, 0.3) is 0 Å². The summed E-state index contributed by atoms with van der Waals surface area (Å²) in [5, 5.41) is 77.9. The number of likely N-dealkylation sites (tertiary alicyclic amines) is 4. The third kappa shape index (κ3) is 35.7. The number of hydrogen-bond acceptors (Lipinski definition) is 37. The standard InChI is InChI=1S/3C24H34N4O6S2.C12H21N3O4S2.C12H15NO3.CH4/c3*1-24(2)13-25-20(30)17(11-35-36-12-18(22(32)34-4)27-23(24)33)26-21(31)19-16(9-10-28(19)3)14-5-7-15(29)8-6-14;1-12(2)6-14-9(16)7(13)4-20-21-5-8(10(17)19-3)15-11(12)18;1-13-7-6-10(11(13)12(15)16)8-2-4-9(14)5-3-8;/h3*5-8,16-19,29H,9-13H2,1-4H3,(H,25,30)(H,26,31)(H,27,33);7-8H,4-6,13H2,1-3H3,(H,14,16)(H,15,18);2-5,10-11,14H,6-7H2,1H3,(H,15,16);1H4. The Labute approximate surface area is 883 Å². The summed E-state index contributed by atoms with van der Waals surface area (Å²) < 4.78 is 19.2. The highest BCUT2D eigenvalue weighted by Gasteiger charge is 2.47. The Bertz CT molecular complexity index is 4750. The van der Waals surface area contributed by atoms with Gasteiger partial charge < -0.3 is 109 Å². The summed E-state index contributed by atoms with van der Waals surface area (Å²) in [6, 6.07) is 19.2. The van der Waals surface area contributed by atoms with Crippen molar-refractivity contribution >= 4 is 181 Å². The van der Waals surface area contributed by atoms with Crippen LogP contribution in [-0.2, 0) is 95.7 Å². The molecule has 12 rings (SSSR count). The normalized spacial score (nSPS) is 27.3. The zero-order valence-corrected chi connectivity index (χ0v) is 90.7. The molecule has 0 spiro atoms. The highest BCUT2D eigenvalue weighted by Crippen LogP contribution is 2.40. The molecule has 18 N–H and O–H groups in total. The molecule has 41 nitrogen and oxygen atoms in total. The van der Waals surface area contributed by atoms with Gasteiger partial charge in [0.15, 0.2) is 0 Å². The first-order valence-corrected chi connectivity index (χ1v) is 56.9. The van der Waals surface area contributed by atoms with Gasteiger partial charge in [-0.3, -0.25) is 77.1 Å². The van der Waals surface area contributed by atoms with E-state index in [9.17, 15) is 102 Å². The number of phenols is 4. The molecule has 49 heteroatoms. The summed E-state index contributed by atoms with van der Waals surface area (Å²) in [5.41, 5.74) is 5.80. The van der Waals surface area contributed by atoms with Gasteiger partial charge in [0.2, 0.25) is 65.0 Å². The molecule has 11 amide bonds. The second-order valence-corrected chi connectivity index (χ2v) is 48.9. The van der Waals surface area contributed by atoms with E-state index >= 15 is 0 Å². The maximum Gasteiger partial charge on any atom is 0.329 e. The maximum atomic E-state index is 13.4. The third-order valence-corrected chi connectivity index (χ3v) is 35.6. The van der Waals surface area contributed by atoms with Crippen molar-refractivity contribution in [1.29, 1.82) is 0 Å². The van der Waals surface area contributed by atoms with Crippen LogP contribution in [0, 0.1) is 21.7 Å². The van der Waals surface area contributed by atoms with E-state index in [1.165, 1.54) is 115 Å². The van der Waals surface area contributed by atoms with Crippen LogP contribution in [0.15, 0.2) is 97.1 Å². The summed E-state index contributed by atoms with van der Waals surface area (Å²) in [5.74, 6) is -3.60. The van der Waals surface area contributed by atoms with Gasteiger partial charge in [-0.25, -0.2) is 19.2 Å². The number of amides is 11. The van der Waals surface area contributed by atoms with Gasteiger partial charge in [-0.05, 0) is 206 Å². The van der Waals surface area contributed by atoms with Crippen molar-refractivity contribution in [1.82, 2.24) is 78.1 Å². The van der Waals surface area contributed by atoms with Crippen molar-refractivity contribution in [3.05, 3.63) is 119 Å². The molecular formula is C97H142N16O25S8. The number of esters is 4. The number of carbonyl (C=O) groups excluding carboxylic acids is 15. The number of ether oxygens (including phenoxy) is 4. The molecule has 0 radical (unpaired) electrons. The molecule has 4 aromatic carbocycles. The third-order valence-electron chi connectivity index (χ3n) is 25.8. The van der Waals surface area contributed by atoms with Crippen LogP contribution in [-0.4, -0.2) is 367 Å². The molecule has 0 saturated carbocycles.